The zero-order valence-electron chi connectivity index (χ0n) is 30.5. The third kappa shape index (κ3) is 7.55. The first-order valence-corrected chi connectivity index (χ1v) is 22.1. The summed E-state index contributed by atoms with van der Waals surface area (Å²) in [4.78, 5) is 25.6. The standard InChI is InChI=1S/C41H54I3NO7/c1-21(26-7-8-27-37-28(18-35(49)41(26,27)4)40(3)12-11-24(46)19-39(40,2)20-34(37)48)5-10-36(50)45-32(38(51)52)17-23-15-29(42)25(30(43)16-23)13-22-6-9-33(47)31(44)14-22/h6,9,14-16,21,24,26-28,32,34-35,37,46-49H,5,7-8,10-13,17-20H2,1-4H3,(H,45,50)(H,51,52)/t21-,24-,26-,27?,28?,32+,34-,35+,37?,39?,40?,41?/m1/s1. The average Bonchev–Trinajstić information content (AvgIpc) is 3.42. The number of phenolic OH excluding ortho intramolecular Hbond substituents is 1. The second-order valence-electron chi connectivity index (χ2n) is 17.4. The normalized spacial score (nSPS) is 36.6. The van der Waals surface area contributed by atoms with E-state index in [0.29, 0.717) is 32.1 Å². The quantitative estimate of drug-likeness (QED) is 0.134. The Kier molecular flexibility index (Phi) is 12.3. The molecule has 6 rings (SSSR count). The number of rotatable bonds is 10. The molecule has 4 saturated carbocycles. The molecule has 8 nitrogen and oxygen atoms in total. The van der Waals surface area contributed by atoms with Crippen LogP contribution in [-0.4, -0.2) is 61.8 Å². The fourth-order valence-electron chi connectivity index (χ4n) is 11.6. The molecule has 11 heteroatoms. The van der Waals surface area contributed by atoms with Crippen molar-refractivity contribution in [2.24, 2.45) is 45.8 Å². The van der Waals surface area contributed by atoms with Gasteiger partial charge in [0, 0.05) is 20.0 Å². The highest BCUT2D eigenvalue weighted by Crippen LogP contribution is 2.71. The fourth-order valence-corrected chi connectivity index (χ4v) is 14.5. The Morgan fingerprint density at radius 1 is 0.923 bits per heavy atom. The summed E-state index contributed by atoms with van der Waals surface area (Å²) in [6.45, 7) is 8.99. The highest BCUT2D eigenvalue weighted by molar-refractivity contribution is 14.1. The summed E-state index contributed by atoms with van der Waals surface area (Å²) in [6.07, 6.45) is 6.06. The molecule has 4 aliphatic carbocycles. The summed E-state index contributed by atoms with van der Waals surface area (Å²) in [6, 6.07) is 8.51. The lowest BCUT2D eigenvalue weighted by molar-refractivity contribution is -0.233. The van der Waals surface area contributed by atoms with Gasteiger partial charge < -0.3 is 30.8 Å². The molecule has 2 aromatic rings. The van der Waals surface area contributed by atoms with E-state index < -0.39 is 24.2 Å². The number of amides is 1. The van der Waals surface area contributed by atoms with Crippen molar-refractivity contribution in [3.63, 3.8) is 0 Å². The SMILES string of the molecule is C[C@H](CCC(=O)N[C@@H](Cc1cc(I)c(Cc2ccc(O)c(I)c2)c(I)c1)C(=O)O)[C@H]1CCC2C3C(C[C@H](O)C21C)C1(C)CC[C@@H](O)CC1(C)C[C@H]3O. The number of aromatic hydroxyl groups is 1. The van der Waals surface area contributed by atoms with Crippen molar-refractivity contribution in [2.75, 3.05) is 0 Å². The molecule has 6 unspecified atom stereocenters. The van der Waals surface area contributed by atoms with Gasteiger partial charge in [-0.05, 0) is 212 Å². The minimum atomic E-state index is -1.07. The monoisotopic (exact) mass is 1050 g/mol. The number of carboxylic acids is 1. The smallest absolute Gasteiger partial charge is 0.326 e. The topological polar surface area (TPSA) is 147 Å². The first-order chi connectivity index (χ1) is 24.4. The Morgan fingerprint density at radius 3 is 2.25 bits per heavy atom. The number of aliphatic carboxylic acids is 1. The van der Waals surface area contributed by atoms with Gasteiger partial charge in [0.25, 0.3) is 0 Å². The lowest BCUT2D eigenvalue weighted by Gasteiger charge is -2.67. The van der Waals surface area contributed by atoms with Crippen LogP contribution < -0.4 is 5.32 Å². The zero-order valence-corrected chi connectivity index (χ0v) is 37.0. The van der Waals surface area contributed by atoms with Crippen LogP contribution in [0.4, 0.5) is 0 Å². The maximum absolute atomic E-state index is 13.3. The molecule has 6 N–H and O–H groups in total. The van der Waals surface area contributed by atoms with Gasteiger partial charge in [-0.3, -0.25) is 4.79 Å². The molecule has 0 bridgehead atoms. The van der Waals surface area contributed by atoms with Crippen molar-refractivity contribution in [2.45, 2.75) is 123 Å². The second-order valence-corrected chi connectivity index (χ2v) is 20.9. The largest absolute Gasteiger partial charge is 0.507 e. The number of aliphatic hydroxyl groups excluding tert-OH is 3. The summed E-state index contributed by atoms with van der Waals surface area (Å²) >= 11 is 6.69. The van der Waals surface area contributed by atoms with Crippen molar-refractivity contribution in [1.29, 1.82) is 0 Å². The van der Waals surface area contributed by atoms with Crippen LogP contribution in [0.5, 0.6) is 5.75 Å². The van der Waals surface area contributed by atoms with Crippen LogP contribution in [0.15, 0.2) is 30.3 Å². The molecular weight excluding hydrogens is 999 g/mol. The van der Waals surface area contributed by atoms with Gasteiger partial charge >= 0.3 is 5.97 Å². The molecule has 0 aromatic heterocycles. The molecule has 1 amide bonds. The second kappa shape index (κ2) is 15.7. The van der Waals surface area contributed by atoms with E-state index in [2.05, 4.69) is 101 Å². The van der Waals surface area contributed by atoms with E-state index in [-0.39, 0.29) is 76.4 Å². The van der Waals surface area contributed by atoms with E-state index in [9.17, 15) is 35.1 Å². The van der Waals surface area contributed by atoms with Crippen LogP contribution in [0.25, 0.3) is 0 Å². The Balaban J connectivity index is 1.08. The number of fused-ring (bicyclic) bond motifs is 5. The maximum atomic E-state index is 13.3. The highest BCUT2D eigenvalue weighted by Gasteiger charge is 2.68. The first kappa shape index (κ1) is 40.9. The Bertz CT molecular complexity index is 1670. The minimum Gasteiger partial charge on any atom is -0.507 e. The number of hydrogen-bond acceptors (Lipinski definition) is 6. The predicted molar refractivity (Wildman–Crippen MR) is 226 cm³/mol. The van der Waals surface area contributed by atoms with Gasteiger partial charge in [-0.25, -0.2) is 4.79 Å². The average molecular weight is 1050 g/mol. The van der Waals surface area contributed by atoms with Gasteiger partial charge in [-0.1, -0.05) is 33.8 Å². The lowest BCUT2D eigenvalue weighted by atomic mass is 9.39. The molecule has 2 aromatic carbocycles. The van der Waals surface area contributed by atoms with Gasteiger partial charge in [-0.15, -0.1) is 0 Å². The van der Waals surface area contributed by atoms with E-state index >= 15 is 0 Å². The van der Waals surface area contributed by atoms with Crippen LogP contribution in [0.3, 0.4) is 0 Å². The number of halogens is 3. The molecular formula is C41H54I3NO7. The van der Waals surface area contributed by atoms with Crippen molar-refractivity contribution in [1.82, 2.24) is 5.32 Å². The minimum absolute atomic E-state index is 0.0355. The molecule has 12 atom stereocenters. The number of aliphatic hydroxyl groups is 3. The molecule has 0 radical (unpaired) electrons. The number of carbonyl (C=O) groups is 2. The summed E-state index contributed by atoms with van der Waals surface area (Å²) < 4.78 is 2.83. The van der Waals surface area contributed by atoms with E-state index in [4.69, 9.17) is 0 Å². The highest BCUT2D eigenvalue weighted by atomic mass is 127. The fraction of sp³-hybridized carbons (Fsp3) is 0.659. The van der Waals surface area contributed by atoms with Gasteiger partial charge in [-0.2, -0.15) is 0 Å². The van der Waals surface area contributed by atoms with Crippen molar-refractivity contribution < 1.29 is 35.1 Å². The number of carboxylic acid groups (broad SMARTS) is 1. The third-order valence-electron chi connectivity index (χ3n) is 14.7. The lowest BCUT2D eigenvalue weighted by Crippen LogP contribution is -2.65. The van der Waals surface area contributed by atoms with Crippen molar-refractivity contribution in [3.8, 4) is 5.75 Å². The zero-order chi connectivity index (χ0) is 37.9. The molecule has 52 heavy (non-hydrogen) atoms. The van der Waals surface area contributed by atoms with Gasteiger partial charge in [0.1, 0.15) is 11.8 Å². The van der Waals surface area contributed by atoms with Crippen LogP contribution in [0, 0.1) is 56.5 Å². The number of benzene rings is 2. The molecule has 0 saturated heterocycles. The molecule has 0 aliphatic heterocycles. The molecule has 0 heterocycles. The summed E-state index contributed by atoms with van der Waals surface area (Å²) in [5, 5.41) is 57.1. The first-order valence-electron chi connectivity index (χ1n) is 18.9. The number of carbonyl (C=O) groups excluding carboxylic acids is 1. The molecule has 286 valence electrons. The van der Waals surface area contributed by atoms with Crippen LogP contribution >= 0.6 is 67.8 Å². The molecule has 4 aliphatic rings. The Labute approximate surface area is 349 Å². The van der Waals surface area contributed by atoms with Gasteiger partial charge in [0.05, 0.1) is 21.9 Å². The molecule has 0 spiro atoms. The Morgan fingerprint density at radius 2 is 1.60 bits per heavy atom. The van der Waals surface area contributed by atoms with Gasteiger partial charge in [0.2, 0.25) is 5.91 Å². The van der Waals surface area contributed by atoms with Crippen molar-refractivity contribution >= 4 is 79.6 Å². The van der Waals surface area contributed by atoms with Crippen molar-refractivity contribution in [3.05, 3.63) is 57.7 Å². The number of phenols is 1. The van der Waals surface area contributed by atoms with E-state index in [1.165, 1.54) is 0 Å². The van der Waals surface area contributed by atoms with E-state index in [1.807, 2.05) is 24.3 Å². The van der Waals surface area contributed by atoms with Crippen LogP contribution in [0.1, 0.15) is 102 Å². The summed E-state index contributed by atoms with van der Waals surface area (Å²) in [5.41, 5.74) is 2.51. The van der Waals surface area contributed by atoms with Crippen LogP contribution in [0.2, 0.25) is 0 Å². The van der Waals surface area contributed by atoms with Crippen LogP contribution in [-0.2, 0) is 22.4 Å². The number of nitrogens with one attached hydrogen (secondary N) is 1. The van der Waals surface area contributed by atoms with Gasteiger partial charge in [0.15, 0.2) is 0 Å². The third-order valence-corrected chi connectivity index (χ3v) is 17.5. The maximum Gasteiger partial charge on any atom is 0.326 e. The summed E-state index contributed by atoms with van der Waals surface area (Å²) in [5.74, 6) is -0.212. The number of hydrogen-bond donors (Lipinski definition) is 6. The van der Waals surface area contributed by atoms with E-state index in [0.717, 1.165) is 53.1 Å². The Hall–Kier alpha value is -0.750. The molecule has 4 fully saturated rings. The summed E-state index contributed by atoms with van der Waals surface area (Å²) in [7, 11) is 0. The predicted octanol–water partition coefficient (Wildman–Crippen LogP) is 7.68. The van der Waals surface area contributed by atoms with E-state index in [1.54, 1.807) is 6.07 Å².